The lowest BCUT2D eigenvalue weighted by Crippen LogP contribution is -2.11. The maximum atomic E-state index is 8.74. The van der Waals surface area contributed by atoms with E-state index in [0.717, 1.165) is 11.3 Å². The predicted molar refractivity (Wildman–Crippen MR) is 57.7 cm³/mol. The van der Waals surface area contributed by atoms with Crippen molar-refractivity contribution in [3.63, 3.8) is 0 Å². The Hall–Kier alpha value is -1.24. The summed E-state index contributed by atoms with van der Waals surface area (Å²) in [6.45, 7) is 2.83. The molecule has 1 rings (SSSR count). The van der Waals surface area contributed by atoms with Crippen LogP contribution in [0.4, 0.5) is 0 Å². The van der Waals surface area contributed by atoms with Gasteiger partial charge in [0.05, 0.1) is 11.6 Å². The van der Waals surface area contributed by atoms with Crippen LogP contribution in [-0.2, 0) is 0 Å². The molecule has 2 N–H and O–H groups in total. The van der Waals surface area contributed by atoms with Crippen molar-refractivity contribution in [1.29, 1.82) is 5.26 Å². The molecule has 0 bridgehead atoms. The zero-order valence-corrected chi connectivity index (χ0v) is 8.80. The molecular formula is C10H13ClN2O. The maximum absolute atomic E-state index is 8.74. The van der Waals surface area contributed by atoms with Gasteiger partial charge in [0.2, 0.25) is 0 Å². The van der Waals surface area contributed by atoms with Crippen LogP contribution in [0.15, 0.2) is 18.2 Å². The van der Waals surface area contributed by atoms with Crippen LogP contribution in [0.5, 0.6) is 5.75 Å². The van der Waals surface area contributed by atoms with E-state index in [-0.39, 0.29) is 12.4 Å². The number of nitriles is 1. The summed E-state index contributed by atoms with van der Waals surface area (Å²) in [6.07, 6.45) is 0. The summed E-state index contributed by atoms with van der Waals surface area (Å²) in [6, 6.07) is 7.51. The molecule has 0 radical (unpaired) electrons. The van der Waals surface area contributed by atoms with Crippen molar-refractivity contribution in [2.24, 2.45) is 5.73 Å². The van der Waals surface area contributed by atoms with Gasteiger partial charge in [-0.3, -0.25) is 0 Å². The van der Waals surface area contributed by atoms with Crippen molar-refractivity contribution in [2.45, 2.75) is 6.92 Å². The number of hydrogen-bond acceptors (Lipinski definition) is 3. The van der Waals surface area contributed by atoms with E-state index in [9.17, 15) is 0 Å². The molecule has 3 nitrogen and oxygen atoms in total. The third-order valence-electron chi connectivity index (χ3n) is 1.78. The van der Waals surface area contributed by atoms with Crippen LogP contribution in [0, 0.1) is 18.3 Å². The van der Waals surface area contributed by atoms with Crippen LogP contribution in [-0.4, -0.2) is 13.2 Å². The van der Waals surface area contributed by atoms with E-state index >= 15 is 0 Å². The van der Waals surface area contributed by atoms with Crippen LogP contribution in [0.25, 0.3) is 0 Å². The Balaban J connectivity index is 0.00000169. The van der Waals surface area contributed by atoms with Crippen molar-refractivity contribution in [2.75, 3.05) is 13.2 Å². The molecule has 0 fully saturated rings. The van der Waals surface area contributed by atoms with Gasteiger partial charge < -0.3 is 10.5 Å². The molecule has 0 aliphatic heterocycles. The topological polar surface area (TPSA) is 59.0 Å². The van der Waals surface area contributed by atoms with E-state index in [0.29, 0.717) is 18.7 Å². The SMILES string of the molecule is Cc1c(C#N)cccc1OCCN.Cl. The molecule has 0 aliphatic rings. The average molecular weight is 213 g/mol. The Kier molecular flexibility index (Phi) is 5.70. The Bertz CT molecular complexity index is 333. The van der Waals surface area contributed by atoms with Gasteiger partial charge in [0.15, 0.2) is 0 Å². The molecule has 4 heteroatoms. The molecule has 14 heavy (non-hydrogen) atoms. The highest BCUT2D eigenvalue weighted by molar-refractivity contribution is 5.85. The van der Waals surface area contributed by atoms with E-state index < -0.39 is 0 Å². The van der Waals surface area contributed by atoms with Gasteiger partial charge in [-0.2, -0.15) is 5.26 Å². The zero-order valence-electron chi connectivity index (χ0n) is 7.99. The van der Waals surface area contributed by atoms with Gasteiger partial charge in [-0.15, -0.1) is 12.4 Å². The van der Waals surface area contributed by atoms with E-state index in [1.165, 1.54) is 0 Å². The average Bonchev–Trinajstić information content (AvgIpc) is 2.16. The van der Waals surface area contributed by atoms with Crippen molar-refractivity contribution in [3.05, 3.63) is 29.3 Å². The Morgan fingerprint density at radius 1 is 1.50 bits per heavy atom. The summed E-state index contributed by atoms with van der Waals surface area (Å²) in [5, 5.41) is 8.74. The van der Waals surface area contributed by atoms with Gasteiger partial charge in [-0.1, -0.05) is 6.07 Å². The number of nitrogens with two attached hydrogens (primary N) is 1. The van der Waals surface area contributed by atoms with Crippen LogP contribution < -0.4 is 10.5 Å². The lowest BCUT2D eigenvalue weighted by Gasteiger charge is -2.08. The largest absolute Gasteiger partial charge is 0.492 e. The molecule has 0 spiro atoms. The molecule has 0 amide bonds. The Morgan fingerprint density at radius 3 is 2.79 bits per heavy atom. The van der Waals surface area contributed by atoms with Gasteiger partial charge in [0.1, 0.15) is 12.4 Å². The fourth-order valence-electron chi connectivity index (χ4n) is 1.06. The van der Waals surface area contributed by atoms with Gasteiger partial charge in [-0.05, 0) is 19.1 Å². The first-order chi connectivity index (χ1) is 6.29. The minimum absolute atomic E-state index is 0. The van der Waals surface area contributed by atoms with Gasteiger partial charge in [-0.25, -0.2) is 0 Å². The van der Waals surface area contributed by atoms with Crippen LogP contribution >= 0.6 is 12.4 Å². The highest BCUT2D eigenvalue weighted by Crippen LogP contribution is 2.20. The molecular weight excluding hydrogens is 200 g/mol. The highest BCUT2D eigenvalue weighted by atomic mass is 35.5. The number of ether oxygens (including phenoxy) is 1. The Morgan fingerprint density at radius 2 is 2.21 bits per heavy atom. The van der Waals surface area contributed by atoms with Crippen LogP contribution in [0.3, 0.4) is 0 Å². The number of hydrogen-bond donors (Lipinski definition) is 1. The molecule has 0 saturated carbocycles. The quantitative estimate of drug-likeness (QED) is 0.829. The van der Waals surface area contributed by atoms with E-state index in [2.05, 4.69) is 6.07 Å². The normalized spacial score (nSPS) is 8.64. The number of rotatable bonds is 3. The fourth-order valence-corrected chi connectivity index (χ4v) is 1.06. The summed E-state index contributed by atoms with van der Waals surface area (Å²) in [7, 11) is 0. The fraction of sp³-hybridized carbons (Fsp3) is 0.300. The predicted octanol–water partition coefficient (Wildman–Crippen LogP) is 1.63. The van der Waals surface area contributed by atoms with Crippen LogP contribution in [0.1, 0.15) is 11.1 Å². The van der Waals surface area contributed by atoms with E-state index in [4.69, 9.17) is 15.7 Å². The molecule has 0 saturated heterocycles. The molecule has 76 valence electrons. The molecule has 0 aromatic heterocycles. The highest BCUT2D eigenvalue weighted by Gasteiger charge is 2.02. The van der Waals surface area contributed by atoms with Crippen LogP contribution in [0.2, 0.25) is 0 Å². The summed E-state index contributed by atoms with van der Waals surface area (Å²) < 4.78 is 5.35. The molecule has 0 atom stereocenters. The second-order valence-electron chi connectivity index (χ2n) is 2.68. The third kappa shape index (κ3) is 2.91. The standard InChI is InChI=1S/C10H12N2O.ClH/c1-8-9(7-12)3-2-4-10(8)13-6-5-11;/h2-4H,5-6,11H2,1H3;1H. The first kappa shape index (κ1) is 12.8. The smallest absolute Gasteiger partial charge is 0.123 e. The van der Waals surface area contributed by atoms with Crippen molar-refractivity contribution >= 4 is 12.4 Å². The minimum Gasteiger partial charge on any atom is -0.492 e. The summed E-state index contributed by atoms with van der Waals surface area (Å²) >= 11 is 0. The second-order valence-corrected chi connectivity index (χ2v) is 2.68. The molecule has 0 unspecified atom stereocenters. The molecule has 1 aromatic carbocycles. The molecule has 1 aromatic rings. The van der Waals surface area contributed by atoms with Crippen molar-refractivity contribution < 1.29 is 4.74 Å². The third-order valence-corrected chi connectivity index (χ3v) is 1.78. The van der Waals surface area contributed by atoms with E-state index in [1.54, 1.807) is 12.1 Å². The Labute approximate surface area is 89.9 Å². The lowest BCUT2D eigenvalue weighted by molar-refractivity contribution is 0.326. The summed E-state index contributed by atoms with van der Waals surface area (Å²) in [4.78, 5) is 0. The zero-order chi connectivity index (χ0) is 9.68. The lowest BCUT2D eigenvalue weighted by atomic mass is 10.1. The minimum atomic E-state index is 0. The molecule has 0 heterocycles. The van der Waals surface area contributed by atoms with Gasteiger partial charge in [0.25, 0.3) is 0 Å². The first-order valence-corrected chi connectivity index (χ1v) is 4.12. The summed E-state index contributed by atoms with van der Waals surface area (Å²) in [5.74, 6) is 0.740. The maximum Gasteiger partial charge on any atom is 0.123 e. The number of benzene rings is 1. The number of halogens is 1. The van der Waals surface area contributed by atoms with Gasteiger partial charge >= 0.3 is 0 Å². The van der Waals surface area contributed by atoms with Gasteiger partial charge in [0, 0.05) is 12.1 Å². The second kappa shape index (κ2) is 6.25. The monoisotopic (exact) mass is 212 g/mol. The summed E-state index contributed by atoms with van der Waals surface area (Å²) in [5.41, 5.74) is 6.83. The first-order valence-electron chi connectivity index (χ1n) is 4.12. The van der Waals surface area contributed by atoms with Crippen molar-refractivity contribution in [1.82, 2.24) is 0 Å². The van der Waals surface area contributed by atoms with Crippen molar-refractivity contribution in [3.8, 4) is 11.8 Å². The van der Waals surface area contributed by atoms with E-state index in [1.807, 2.05) is 13.0 Å². The number of nitrogens with zero attached hydrogens (tertiary/aromatic N) is 1. The molecule has 0 aliphatic carbocycles.